The summed E-state index contributed by atoms with van der Waals surface area (Å²) in [6.45, 7) is 5.11. The van der Waals surface area contributed by atoms with Gasteiger partial charge in [-0.1, -0.05) is 33.1 Å². The van der Waals surface area contributed by atoms with Gasteiger partial charge >= 0.3 is 0 Å². The number of fused-ring (bicyclic) bond motifs is 1. The van der Waals surface area contributed by atoms with Crippen LogP contribution in [-0.4, -0.2) is 26.7 Å². The topological polar surface area (TPSA) is 59.8 Å². The number of hydrogen-bond acceptors (Lipinski definition) is 3. The highest BCUT2D eigenvalue weighted by Gasteiger charge is 2.26. The molecule has 1 aliphatic carbocycles. The van der Waals surface area contributed by atoms with E-state index in [2.05, 4.69) is 33.9 Å². The molecule has 0 bridgehead atoms. The Balaban J connectivity index is 1.55. The molecule has 1 aromatic heterocycles. The molecule has 0 aromatic carbocycles. The van der Waals surface area contributed by atoms with Crippen LogP contribution in [-0.2, 0) is 17.8 Å². The lowest BCUT2D eigenvalue weighted by Crippen LogP contribution is -2.42. The highest BCUT2D eigenvalue weighted by molar-refractivity contribution is 5.76. The van der Waals surface area contributed by atoms with Crippen molar-refractivity contribution in [2.45, 2.75) is 83.7 Å². The van der Waals surface area contributed by atoms with Gasteiger partial charge in [-0.3, -0.25) is 4.79 Å². The lowest BCUT2D eigenvalue weighted by molar-refractivity contribution is -0.123. The predicted octanol–water partition coefficient (Wildman–Crippen LogP) is 2.80. The summed E-state index contributed by atoms with van der Waals surface area (Å²) in [5.41, 5.74) is 0. The summed E-state index contributed by atoms with van der Waals surface area (Å²) >= 11 is 0. The van der Waals surface area contributed by atoms with E-state index in [0.29, 0.717) is 18.3 Å². The summed E-state index contributed by atoms with van der Waals surface area (Å²) in [4.78, 5) is 12.3. The first-order valence-corrected chi connectivity index (χ1v) is 8.85. The molecule has 1 atom stereocenters. The number of aromatic nitrogens is 3. The molecule has 0 unspecified atom stereocenters. The average Bonchev–Trinajstić information content (AvgIpc) is 2.91. The summed E-state index contributed by atoms with van der Waals surface area (Å²) in [5.74, 6) is 3.33. The number of amides is 1. The summed E-state index contributed by atoms with van der Waals surface area (Å²) in [6, 6.07) is 0.233. The quantitative estimate of drug-likeness (QED) is 0.930. The van der Waals surface area contributed by atoms with E-state index in [9.17, 15) is 4.79 Å². The van der Waals surface area contributed by atoms with E-state index in [4.69, 9.17) is 0 Å². The van der Waals surface area contributed by atoms with Crippen LogP contribution >= 0.6 is 0 Å². The van der Waals surface area contributed by atoms with E-state index in [1.807, 2.05) is 0 Å². The molecular weight excluding hydrogens is 276 g/mol. The minimum Gasteiger partial charge on any atom is -0.352 e. The highest BCUT2D eigenvalue weighted by atomic mass is 16.1. The van der Waals surface area contributed by atoms with Gasteiger partial charge in [0.25, 0.3) is 0 Å². The summed E-state index contributed by atoms with van der Waals surface area (Å²) in [6.07, 6.45) is 8.99. The Hall–Kier alpha value is -1.39. The van der Waals surface area contributed by atoms with E-state index < -0.39 is 0 Å². The second-order valence-electron chi connectivity index (χ2n) is 7.25. The molecule has 122 valence electrons. The Labute approximate surface area is 132 Å². The van der Waals surface area contributed by atoms with Crippen LogP contribution in [0.15, 0.2) is 0 Å². The van der Waals surface area contributed by atoms with Gasteiger partial charge in [0.2, 0.25) is 5.91 Å². The minimum atomic E-state index is 0.233. The Morgan fingerprint density at radius 1 is 1.23 bits per heavy atom. The van der Waals surface area contributed by atoms with Crippen LogP contribution in [0.3, 0.4) is 0 Å². The van der Waals surface area contributed by atoms with Crippen molar-refractivity contribution >= 4 is 5.91 Å². The molecule has 1 aromatic rings. The fourth-order valence-electron chi connectivity index (χ4n) is 3.83. The molecule has 5 heteroatoms. The molecule has 0 spiro atoms. The van der Waals surface area contributed by atoms with Gasteiger partial charge in [-0.25, -0.2) is 0 Å². The van der Waals surface area contributed by atoms with Crippen molar-refractivity contribution < 1.29 is 4.79 Å². The Bertz CT molecular complexity index is 517. The Kier molecular flexibility index (Phi) is 4.79. The number of nitrogens with zero attached hydrogens (tertiary/aromatic N) is 3. The average molecular weight is 304 g/mol. The molecular formula is C17H28N4O. The number of rotatable bonds is 4. The molecule has 2 aliphatic rings. The summed E-state index contributed by atoms with van der Waals surface area (Å²) < 4.78 is 2.21. The van der Waals surface area contributed by atoms with Crippen LogP contribution in [0.2, 0.25) is 0 Å². The van der Waals surface area contributed by atoms with E-state index in [-0.39, 0.29) is 11.9 Å². The third-order valence-corrected chi connectivity index (χ3v) is 5.06. The molecule has 1 saturated carbocycles. The Morgan fingerprint density at radius 2 is 2.00 bits per heavy atom. The monoisotopic (exact) mass is 304 g/mol. The number of hydrogen-bond donors (Lipinski definition) is 1. The molecule has 1 aliphatic heterocycles. The van der Waals surface area contributed by atoms with Gasteiger partial charge in [-0.05, 0) is 25.2 Å². The molecule has 1 fully saturated rings. The fraction of sp³-hybridized carbons (Fsp3) is 0.824. The van der Waals surface area contributed by atoms with Crippen LogP contribution < -0.4 is 5.32 Å². The minimum absolute atomic E-state index is 0.233. The first-order chi connectivity index (χ1) is 10.6. The zero-order valence-corrected chi connectivity index (χ0v) is 13.8. The van der Waals surface area contributed by atoms with Crippen molar-refractivity contribution in [2.75, 3.05) is 0 Å². The summed E-state index contributed by atoms with van der Waals surface area (Å²) in [7, 11) is 0. The molecule has 1 amide bonds. The lowest BCUT2D eigenvalue weighted by atomic mass is 9.87. The first-order valence-electron chi connectivity index (χ1n) is 8.85. The standard InChI is InChI=1S/C17H28N4O/c1-12(2)17-20-19-15-9-8-14(11-21(15)17)18-16(22)10-13-6-4-3-5-7-13/h12-14H,3-11H2,1-2H3,(H,18,22)/t14-/m0/s1. The number of carbonyl (C=O) groups is 1. The highest BCUT2D eigenvalue weighted by Crippen LogP contribution is 2.26. The molecule has 2 heterocycles. The Morgan fingerprint density at radius 3 is 2.73 bits per heavy atom. The van der Waals surface area contributed by atoms with Gasteiger partial charge in [0, 0.05) is 31.3 Å². The largest absolute Gasteiger partial charge is 0.352 e. The van der Waals surface area contributed by atoms with Crippen molar-refractivity contribution in [1.82, 2.24) is 20.1 Å². The summed E-state index contributed by atoms with van der Waals surface area (Å²) in [5, 5.41) is 11.8. The maximum Gasteiger partial charge on any atom is 0.220 e. The lowest BCUT2D eigenvalue weighted by Gasteiger charge is -2.27. The molecule has 0 radical (unpaired) electrons. The second kappa shape index (κ2) is 6.80. The van der Waals surface area contributed by atoms with Crippen molar-refractivity contribution in [3.63, 3.8) is 0 Å². The van der Waals surface area contributed by atoms with E-state index in [1.165, 1.54) is 32.1 Å². The zero-order chi connectivity index (χ0) is 15.5. The van der Waals surface area contributed by atoms with Gasteiger partial charge < -0.3 is 9.88 Å². The van der Waals surface area contributed by atoms with Crippen molar-refractivity contribution in [3.8, 4) is 0 Å². The number of nitrogens with one attached hydrogen (secondary N) is 1. The van der Waals surface area contributed by atoms with Crippen LogP contribution in [0.4, 0.5) is 0 Å². The number of aryl methyl sites for hydroxylation is 1. The molecule has 22 heavy (non-hydrogen) atoms. The smallest absolute Gasteiger partial charge is 0.220 e. The van der Waals surface area contributed by atoms with Crippen LogP contribution in [0.5, 0.6) is 0 Å². The maximum absolute atomic E-state index is 12.3. The zero-order valence-electron chi connectivity index (χ0n) is 13.8. The second-order valence-corrected chi connectivity index (χ2v) is 7.25. The molecule has 3 rings (SSSR count). The van der Waals surface area contributed by atoms with Gasteiger partial charge in [-0.2, -0.15) is 0 Å². The van der Waals surface area contributed by atoms with E-state index in [1.54, 1.807) is 0 Å². The third kappa shape index (κ3) is 3.50. The first kappa shape index (κ1) is 15.5. The fourth-order valence-corrected chi connectivity index (χ4v) is 3.83. The molecule has 1 N–H and O–H groups in total. The third-order valence-electron chi connectivity index (χ3n) is 5.06. The van der Waals surface area contributed by atoms with Crippen molar-refractivity contribution in [1.29, 1.82) is 0 Å². The van der Waals surface area contributed by atoms with Crippen LogP contribution in [0, 0.1) is 5.92 Å². The maximum atomic E-state index is 12.3. The predicted molar refractivity (Wildman–Crippen MR) is 85.6 cm³/mol. The normalized spacial score (nSPS) is 22.6. The van der Waals surface area contributed by atoms with E-state index in [0.717, 1.165) is 31.0 Å². The van der Waals surface area contributed by atoms with Gasteiger partial charge in [0.05, 0.1) is 0 Å². The van der Waals surface area contributed by atoms with Crippen LogP contribution in [0.25, 0.3) is 0 Å². The van der Waals surface area contributed by atoms with Gasteiger partial charge in [0.15, 0.2) is 0 Å². The van der Waals surface area contributed by atoms with Crippen LogP contribution in [0.1, 0.15) is 76.4 Å². The van der Waals surface area contributed by atoms with Gasteiger partial charge in [0.1, 0.15) is 11.6 Å². The van der Waals surface area contributed by atoms with Crippen molar-refractivity contribution in [3.05, 3.63) is 11.6 Å². The molecule has 0 saturated heterocycles. The molecule has 5 nitrogen and oxygen atoms in total. The van der Waals surface area contributed by atoms with Crippen molar-refractivity contribution in [2.24, 2.45) is 5.92 Å². The van der Waals surface area contributed by atoms with Gasteiger partial charge in [-0.15, -0.1) is 10.2 Å². The SMILES string of the molecule is CC(C)c1nnc2n1C[C@@H](NC(=O)CC1CCCCC1)CC2. The number of carbonyl (C=O) groups excluding carboxylic acids is 1. The van der Waals surface area contributed by atoms with E-state index >= 15 is 0 Å².